The maximum Gasteiger partial charge on any atom is 0.266 e. The Morgan fingerprint density at radius 3 is 2.48 bits per heavy atom. The van der Waals surface area contributed by atoms with Gasteiger partial charge in [-0.3, -0.25) is 14.2 Å². The molecule has 0 fully saturated rings. The number of carbonyl (C=O) groups excluding carboxylic acids is 1. The molecule has 0 N–H and O–H groups in total. The average Bonchev–Trinajstić information content (AvgIpc) is 2.74. The lowest BCUT2D eigenvalue weighted by Gasteiger charge is -2.19. The van der Waals surface area contributed by atoms with Gasteiger partial charge in [0.2, 0.25) is 5.91 Å². The van der Waals surface area contributed by atoms with Crippen molar-refractivity contribution < 1.29 is 9.53 Å². The number of benzene rings is 2. The SMILES string of the molecule is CCOc1ccccc1-n1c(SCC(=O)N(CC)CC)nc2ccccc2c1=O. The fourth-order valence-electron chi connectivity index (χ4n) is 3.13. The van der Waals surface area contributed by atoms with Gasteiger partial charge in [0, 0.05) is 13.1 Å². The van der Waals surface area contributed by atoms with Crippen molar-refractivity contribution in [1.82, 2.24) is 14.5 Å². The van der Waals surface area contributed by atoms with Crippen molar-refractivity contribution in [3.05, 3.63) is 58.9 Å². The van der Waals surface area contributed by atoms with E-state index >= 15 is 0 Å². The number of rotatable bonds is 8. The van der Waals surface area contributed by atoms with E-state index in [0.717, 1.165) is 0 Å². The molecule has 1 heterocycles. The molecule has 2 aromatic carbocycles. The topological polar surface area (TPSA) is 64.4 Å². The van der Waals surface area contributed by atoms with E-state index in [1.165, 1.54) is 11.8 Å². The lowest BCUT2D eigenvalue weighted by Crippen LogP contribution is -2.32. The second kappa shape index (κ2) is 9.60. The molecule has 0 spiro atoms. The molecule has 3 aromatic rings. The van der Waals surface area contributed by atoms with Crippen molar-refractivity contribution in [2.75, 3.05) is 25.4 Å². The van der Waals surface area contributed by atoms with E-state index in [1.54, 1.807) is 15.5 Å². The molecule has 0 unspecified atom stereocenters. The van der Waals surface area contributed by atoms with Crippen molar-refractivity contribution in [3.63, 3.8) is 0 Å². The highest BCUT2D eigenvalue weighted by Crippen LogP contribution is 2.27. The second-order valence-corrected chi connectivity index (χ2v) is 7.25. The lowest BCUT2D eigenvalue weighted by molar-refractivity contribution is -0.127. The number of hydrogen-bond donors (Lipinski definition) is 0. The van der Waals surface area contributed by atoms with E-state index in [4.69, 9.17) is 9.72 Å². The Kier molecular flexibility index (Phi) is 6.93. The minimum atomic E-state index is -0.180. The number of amides is 1. The van der Waals surface area contributed by atoms with Crippen molar-refractivity contribution in [1.29, 1.82) is 0 Å². The van der Waals surface area contributed by atoms with Crippen LogP contribution in [0, 0.1) is 0 Å². The van der Waals surface area contributed by atoms with Gasteiger partial charge in [-0.15, -0.1) is 0 Å². The summed E-state index contributed by atoms with van der Waals surface area (Å²) < 4.78 is 7.29. The third kappa shape index (κ3) is 4.45. The van der Waals surface area contributed by atoms with Crippen LogP contribution in [0.3, 0.4) is 0 Å². The summed E-state index contributed by atoms with van der Waals surface area (Å²) in [4.78, 5) is 32.3. The minimum absolute atomic E-state index is 0.0204. The smallest absolute Gasteiger partial charge is 0.266 e. The maximum absolute atomic E-state index is 13.4. The maximum atomic E-state index is 13.4. The van der Waals surface area contributed by atoms with Gasteiger partial charge >= 0.3 is 0 Å². The van der Waals surface area contributed by atoms with E-state index in [9.17, 15) is 9.59 Å². The number of para-hydroxylation sites is 3. The van der Waals surface area contributed by atoms with Crippen molar-refractivity contribution >= 4 is 28.6 Å². The third-order valence-corrected chi connectivity index (χ3v) is 5.52. The van der Waals surface area contributed by atoms with Crippen LogP contribution in [0.1, 0.15) is 20.8 Å². The number of ether oxygens (including phenoxy) is 1. The zero-order chi connectivity index (χ0) is 20.8. The lowest BCUT2D eigenvalue weighted by atomic mass is 10.2. The van der Waals surface area contributed by atoms with Gasteiger partial charge in [0.1, 0.15) is 5.75 Å². The van der Waals surface area contributed by atoms with Gasteiger partial charge in [0.05, 0.1) is 29.0 Å². The number of fused-ring (bicyclic) bond motifs is 1. The molecule has 1 amide bonds. The summed E-state index contributed by atoms with van der Waals surface area (Å²) in [6.45, 7) is 7.59. The highest BCUT2D eigenvalue weighted by atomic mass is 32.2. The normalized spacial score (nSPS) is 10.9. The summed E-state index contributed by atoms with van der Waals surface area (Å²) in [5, 5.41) is 1.000. The Labute approximate surface area is 174 Å². The number of carbonyl (C=O) groups is 1. The van der Waals surface area contributed by atoms with Crippen LogP contribution in [0.25, 0.3) is 16.6 Å². The van der Waals surface area contributed by atoms with Crippen molar-refractivity contribution in [3.8, 4) is 11.4 Å². The largest absolute Gasteiger partial charge is 0.492 e. The van der Waals surface area contributed by atoms with Gasteiger partial charge < -0.3 is 9.64 Å². The van der Waals surface area contributed by atoms with E-state index in [-0.39, 0.29) is 17.2 Å². The third-order valence-electron chi connectivity index (χ3n) is 4.59. The first-order chi connectivity index (χ1) is 14.1. The van der Waals surface area contributed by atoms with Gasteiger partial charge in [0.15, 0.2) is 5.16 Å². The van der Waals surface area contributed by atoms with E-state index in [0.29, 0.717) is 47.2 Å². The number of thioether (sulfide) groups is 1. The summed E-state index contributed by atoms with van der Waals surface area (Å²) >= 11 is 1.27. The van der Waals surface area contributed by atoms with Gasteiger partial charge in [-0.1, -0.05) is 36.0 Å². The Morgan fingerprint density at radius 1 is 1.07 bits per heavy atom. The molecule has 152 valence electrons. The first-order valence-corrected chi connectivity index (χ1v) is 10.7. The molecule has 7 heteroatoms. The summed E-state index contributed by atoms with van der Waals surface area (Å²) in [6.07, 6.45) is 0. The van der Waals surface area contributed by atoms with Crippen LogP contribution in [0.5, 0.6) is 5.75 Å². The molecule has 29 heavy (non-hydrogen) atoms. The fraction of sp³-hybridized carbons (Fsp3) is 0.318. The van der Waals surface area contributed by atoms with Gasteiger partial charge in [0.25, 0.3) is 5.56 Å². The quantitative estimate of drug-likeness (QED) is 0.417. The van der Waals surface area contributed by atoms with Gasteiger partial charge in [-0.2, -0.15) is 0 Å². The molecule has 6 nitrogen and oxygen atoms in total. The van der Waals surface area contributed by atoms with Crippen LogP contribution in [0.15, 0.2) is 58.5 Å². The Morgan fingerprint density at radius 2 is 1.76 bits per heavy atom. The molecule has 0 aliphatic rings. The zero-order valence-corrected chi connectivity index (χ0v) is 17.7. The van der Waals surface area contributed by atoms with E-state index in [1.807, 2.05) is 63.2 Å². The summed E-state index contributed by atoms with van der Waals surface area (Å²) in [5.74, 6) is 0.835. The molecule has 0 aliphatic carbocycles. The molecule has 0 saturated carbocycles. The molecule has 3 rings (SSSR count). The minimum Gasteiger partial charge on any atom is -0.492 e. The van der Waals surface area contributed by atoms with Crippen LogP contribution in [-0.2, 0) is 4.79 Å². The highest BCUT2D eigenvalue weighted by Gasteiger charge is 2.18. The highest BCUT2D eigenvalue weighted by molar-refractivity contribution is 7.99. The van der Waals surface area contributed by atoms with Crippen LogP contribution in [-0.4, -0.2) is 45.8 Å². The Balaban J connectivity index is 2.12. The van der Waals surface area contributed by atoms with Crippen LogP contribution < -0.4 is 10.3 Å². The average molecular weight is 412 g/mol. The molecular formula is C22H25N3O3S. The van der Waals surface area contributed by atoms with Crippen LogP contribution in [0.2, 0.25) is 0 Å². The summed E-state index contributed by atoms with van der Waals surface area (Å²) in [6, 6.07) is 14.6. The monoisotopic (exact) mass is 411 g/mol. The Bertz CT molecular complexity index is 1060. The first-order valence-electron chi connectivity index (χ1n) is 9.75. The fourth-order valence-corrected chi connectivity index (χ4v) is 4.04. The van der Waals surface area contributed by atoms with E-state index < -0.39 is 0 Å². The molecule has 0 radical (unpaired) electrons. The predicted octanol–water partition coefficient (Wildman–Crippen LogP) is 3.74. The Hall–Kier alpha value is -2.80. The first kappa shape index (κ1) is 20.9. The zero-order valence-electron chi connectivity index (χ0n) is 16.9. The molecule has 1 aromatic heterocycles. The number of nitrogens with zero attached hydrogens (tertiary/aromatic N) is 3. The van der Waals surface area contributed by atoms with Crippen LogP contribution >= 0.6 is 11.8 Å². The molecule has 0 atom stereocenters. The second-order valence-electron chi connectivity index (χ2n) is 6.31. The van der Waals surface area contributed by atoms with Gasteiger partial charge in [-0.05, 0) is 45.0 Å². The van der Waals surface area contributed by atoms with Crippen molar-refractivity contribution in [2.24, 2.45) is 0 Å². The molecule has 0 aliphatic heterocycles. The standard InChI is InChI=1S/C22H25N3O3S/c1-4-24(5-2)20(26)15-29-22-23-17-12-8-7-11-16(17)21(27)25(22)18-13-9-10-14-19(18)28-6-3/h7-14H,4-6,15H2,1-3H3. The van der Waals surface area contributed by atoms with Gasteiger partial charge in [-0.25, -0.2) is 4.98 Å². The molecule has 0 bridgehead atoms. The van der Waals surface area contributed by atoms with Crippen LogP contribution in [0.4, 0.5) is 0 Å². The number of aromatic nitrogens is 2. The van der Waals surface area contributed by atoms with E-state index in [2.05, 4.69) is 0 Å². The summed E-state index contributed by atoms with van der Waals surface area (Å²) in [7, 11) is 0. The molecule has 0 saturated heterocycles. The number of hydrogen-bond acceptors (Lipinski definition) is 5. The van der Waals surface area contributed by atoms with Crippen molar-refractivity contribution in [2.45, 2.75) is 25.9 Å². The summed E-state index contributed by atoms with van der Waals surface area (Å²) in [5.41, 5.74) is 1.05. The predicted molar refractivity (Wildman–Crippen MR) is 117 cm³/mol. The molecular weight excluding hydrogens is 386 g/mol.